The Hall–Kier alpha value is -1.56. The lowest BCUT2D eigenvalue weighted by Gasteiger charge is -2.14. The van der Waals surface area contributed by atoms with Crippen molar-refractivity contribution in [3.63, 3.8) is 0 Å². The molecule has 0 fully saturated rings. The van der Waals surface area contributed by atoms with Crippen LogP contribution in [0.5, 0.6) is 0 Å². The average molecular weight is 304 g/mol. The Bertz CT molecular complexity index is 593. The Balaban J connectivity index is 2.60. The van der Waals surface area contributed by atoms with Gasteiger partial charge in [-0.25, -0.2) is 4.68 Å². The van der Waals surface area contributed by atoms with Crippen molar-refractivity contribution < 1.29 is 13.2 Å². The third kappa shape index (κ3) is 2.80. The van der Waals surface area contributed by atoms with E-state index in [2.05, 4.69) is 10.3 Å². The van der Waals surface area contributed by atoms with Crippen molar-refractivity contribution in [2.45, 2.75) is 31.8 Å². The van der Waals surface area contributed by atoms with Crippen LogP contribution >= 0.6 is 11.6 Å². The van der Waals surface area contributed by atoms with E-state index in [1.807, 2.05) is 6.92 Å². The highest BCUT2D eigenvalue weighted by molar-refractivity contribution is 6.16. The first kappa shape index (κ1) is 14.8. The van der Waals surface area contributed by atoms with Gasteiger partial charge in [0.1, 0.15) is 5.69 Å². The van der Waals surface area contributed by atoms with E-state index in [1.165, 1.54) is 16.8 Å². The smallest absolute Gasteiger partial charge is 0.217 e. The zero-order valence-electron chi connectivity index (χ0n) is 10.8. The third-order valence-corrected chi connectivity index (χ3v) is 3.15. The molecule has 0 saturated heterocycles. The molecule has 1 aromatic carbocycles. The predicted molar refractivity (Wildman–Crippen MR) is 69.9 cm³/mol. The van der Waals surface area contributed by atoms with E-state index in [0.717, 1.165) is 12.5 Å². The minimum Gasteiger partial charge on any atom is -0.217 e. The molecule has 0 aliphatic heterocycles. The van der Waals surface area contributed by atoms with Gasteiger partial charge in [-0.2, -0.15) is 13.2 Å². The van der Waals surface area contributed by atoms with Gasteiger partial charge in [-0.05, 0) is 18.6 Å². The number of halogens is 4. The van der Waals surface area contributed by atoms with Crippen molar-refractivity contribution in [3.8, 4) is 5.69 Å². The van der Waals surface area contributed by atoms with E-state index in [0.29, 0.717) is 17.8 Å². The van der Waals surface area contributed by atoms with E-state index in [-0.39, 0.29) is 11.6 Å². The summed E-state index contributed by atoms with van der Waals surface area (Å²) in [7, 11) is 0. The minimum atomic E-state index is -4.44. The molecule has 2 rings (SSSR count). The lowest BCUT2D eigenvalue weighted by molar-refractivity contribution is -0.137. The van der Waals surface area contributed by atoms with Gasteiger partial charge in [-0.15, -0.1) is 16.7 Å². The maximum atomic E-state index is 13.1. The zero-order chi connectivity index (χ0) is 14.8. The van der Waals surface area contributed by atoms with Crippen molar-refractivity contribution in [1.82, 2.24) is 15.0 Å². The van der Waals surface area contributed by atoms with Crippen LogP contribution in [0.25, 0.3) is 5.69 Å². The Labute approximate surface area is 119 Å². The molecule has 0 unspecified atom stereocenters. The molecule has 0 bridgehead atoms. The van der Waals surface area contributed by atoms with Crippen molar-refractivity contribution in [1.29, 1.82) is 0 Å². The minimum absolute atomic E-state index is 0.0210. The molecule has 0 radical (unpaired) electrons. The highest BCUT2D eigenvalue weighted by Gasteiger charge is 2.34. The molecule has 0 aliphatic carbocycles. The molecule has 0 N–H and O–H groups in total. The molecule has 0 saturated carbocycles. The van der Waals surface area contributed by atoms with Gasteiger partial charge in [-0.3, -0.25) is 0 Å². The number of aromatic nitrogens is 3. The maximum absolute atomic E-state index is 13.1. The van der Waals surface area contributed by atoms with E-state index >= 15 is 0 Å². The Morgan fingerprint density at radius 2 is 1.95 bits per heavy atom. The number of benzene rings is 1. The predicted octanol–water partition coefficient (Wildman–Crippen LogP) is 3.98. The summed E-state index contributed by atoms with van der Waals surface area (Å²) in [6, 6.07) is 5.31. The molecular formula is C13H13ClF3N3. The van der Waals surface area contributed by atoms with E-state index < -0.39 is 11.7 Å². The number of alkyl halides is 4. The lowest BCUT2D eigenvalue weighted by Crippen LogP contribution is -2.13. The lowest BCUT2D eigenvalue weighted by atomic mass is 10.1. The average Bonchev–Trinajstić information content (AvgIpc) is 2.81. The number of nitrogens with zero attached hydrogens (tertiary/aromatic N) is 3. The van der Waals surface area contributed by atoms with Crippen LogP contribution in [0.2, 0.25) is 0 Å². The molecule has 0 amide bonds. The monoisotopic (exact) mass is 303 g/mol. The van der Waals surface area contributed by atoms with Crippen LogP contribution in [0, 0.1) is 0 Å². The first-order valence-electron chi connectivity index (χ1n) is 6.15. The molecule has 20 heavy (non-hydrogen) atoms. The summed E-state index contributed by atoms with van der Waals surface area (Å²) in [4.78, 5) is 0. The summed E-state index contributed by atoms with van der Waals surface area (Å²) in [6.45, 7) is 1.94. The third-order valence-electron chi connectivity index (χ3n) is 2.89. The van der Waals surface area contributed by atoms with Gasteiger partial charge < -0.3 is 0 Å². The van der Waals surface area contributed by atoms with Crippen molar-refractivity contribution in [3.05, 3.63) is 41.2 Å². The molecule has 108 valence electrons. The summed E-state index contributed by atoms with van der Waals surface area (Å²) in [5, 5.41) is 7.70. The van der Waals surface area contributed by atoms with Gasteiger partial charge in [0.05, 0.1) is 22.8 Å². The topological polar surface area (TPSA) is 30.7 Å². The Morgan fingerprint density at radius 3 is 2.55 bits per heavy atom. The number of para-hydroxylation sites is 1. The van der Waals surface area contributed by atoms with Gasteiger partial charge in [-0.1, -0.05) is 30.7 Å². The molecule has 0 atom stereocenters. The molecule has 3 nitrogen and oxygen atoms in total. The Morgan fingerprint density at radius 1 is 1.25 bits per heavy atom. The van der Waals surface area contributed by atoms with E-state index in [4.69, 9.17) is 11.6 Å². The van der Waals surface area contributed by atoms with Crippen molar-refractivity contribution in [2.24, 2.45) is 0 Å². The molecule has 1 heterocycles. The van der Waals surface area contributed by atoms with Crippen LogP contribution in [0.15, 0.2) is 24.3 Å². The van der Waals surface area contributed by atoms with Crippen LogP contribution in [0.1, 0.15) is 30.3 Å². The molecular weight excluding hydrogens is 291 g/mol. The van der Waals surface area contributed by atoms with Crippen LogP contribution < -0.4 is 0 Å². The summed E-state index contributed by atoms with van der Waals surface area (Å²) in [6.07, 6.45) is -3.10. The molecule has 2 aromatic rings. The fourth-order valence-corrected chi connectivity index (χ4v) is 2.22. The fourth-order valence-electron chi connectivity index (χ4n) is 2.02. The van der Waals surface area contributed by atoms with Gasteiger partial charge >= 0.3 is 6.18 Å². The van der Waals surface area contributed by atoms with Crippen LogP contribution in [-0.2, 0) is 18.5 Å². The SMILES string of the molecule is CCCc1c(CCl)nnn1-c1ccccc1C(F)(F)F. The Kier molecular flexibility index (Phi) is 4.32. The summed E-state index contributed by atoms with van der Waals surface area (Å²) in [5.41, 5.74) is 0.389. The normalized spacial score (nSPS) is 11.8. The second-order valence-corrected chi connectivity index (χ2v) is 4.56. The summed E-state index contributed by atoms with van der Waals surface area (Å²) < 4.78 is 40.4. The van der Waals surface area contributed by atoms with Crippen molar-refractivity contribution in [2.75, 3.05) is 0 Å². The van der Waals surface area contributed by atoms with Gasteiger partial charge in [0.2, 0.25) is 0 Å². The quantitative estimate of drug-likeness (QED) is 0.800. The van der Waals surface area contributed by atoms with Gasteiger partial charge in [0.25, 0.3) is 0 Å². The standard InChI is InChI=1S/C13H13ClF3N3/c1-2-5-12-10(8-14)18-19-20(12)11-7-4-3-6-9(11)13(15,16)17/h3-4,6-7H,2,5,8H2,1H3. The molecule has 1 aromatic heterocycles. The maximum Gasteiger partial charge on any atom is 0.418 e. The molecule has 0 spiro atoms. The van der Waals surface area contributed by atoms with E-state index in [1.54, 1.807) is 6.07 Å². The zero-order valence-corrected chi connectivity index (χ0v) is 11.5. The highest BCUT2D eigenvalue weighted by atomic mass is 35.5. The summed E-state index contributed by atoms with van der Waals surface area (Å²) in [5.74, 6) is 0.128. The number of hydrogen-bond acceptors (Lipinski definition) is 2. The second-order valence-electron chi connectivity index (χ2n) is 4.29. The number of rotatable bonds is 4. The fraction of sp³-hybridized carbons (Fsp3) is 0.385. The largest absolute Gasteiger partial charge is 0.418 e. The molecule has 0 aliphatic rings. The van der Waals surface area contributed by atoms with Gasteiger partial charge in [0.15, 0.2) is 0 Å². The second kappa shape index (κ2) is 5.83. The van der Waals surface area contributed by atoms with Crippen LogP contribution in [-0.4, -0.2) is 15.0 Å². The van der Waals surface area contributed by atoms with Crippen molar-refractivity contribution >= 4 is 11.6 Å². The van der Waals surface area contributed by atoms with Gasteiger partial charge in [0, 0.05) is 0 Å². The van der Waals surface area contributed by atoms with Crippen LogP contribution in [0.4, 0.5) is 13.2 Å². The van der Waals surface area contributed by atoms with Crippen LogP contribution in [0.3, 0.4) is 0 Å². The van der Waals surface area contributed by atoms with E-state index in [9.17, 15) is 13.2 Å². The first-order chi connectivity index (χ1) is 9.49. The highest BCUT2D eigenvalue weighted by Crippen LogP contribution is 2.34. The molecule has 7 heteroatoms. The first-order valence-corrected chi connectivity index (χ1v) is 6.68. The number of hydrogen-bond donors (Lipinski definition) is 0. The summed E-state index contributed by atoms with van der Waals surface area (Å²) >= 11 is 5.76.